The molecule has 1 rings (SSSR count). The van der Waals surface area contributed by atoms with Gasteiger partial charge < -0.3 is 4.74 Å². The molecule has 0 bridgehead atoms. The van der Waals surface area contributed by atoms with E-state index in [0.717, 1.165) is 0 Å². The molecule has 0 saturated heterocycles. The molecule has 21 heavy (non-hydrogen) atoms. The van der Waals surface area contributed by atoms with Gasteiger partial charge in [0.15, 0.2) is 0 Å². The third-order valence-electron chi connectivity index (χ3n) is 1.87. The molecule has 0 radical (unpaired) electrons. The molecule has 0 aliphatic heterocycles. The molecule has 0 unspecified atom stereocenters. The van der Waals surface area contributed by atoms with E-state index in [0.29, 0.717) is 0 Å². The Kier molecular flexibility index (Phi) is 4.32. The van der Waals surface area contributed by atoms with Crippen LogP contribution >= 0.6 is 11.6 Å². The topological polar surface area (TPSA) is 82.3 Å². The zero-order valence-electron chi connectivity index (χ0n) is 9.25. The van der Waals surface area contributed by atoms with Crippen LogP contribution in [0.25, 0.3) is 0 Å². The first-order valence-corrected chi connectivity index (χ1v) is 4.93. The first-order chi connectivity index (χ1) is 9.33. The van der Waals surface area contributed by atoms with Gasteiger partial charge in [0.2, 0.25) is 11.6 Å². The van der Waals surface area contributed by atoms with E-state index >= 15 is 0 Å². The van der Waals surface area contributed by atoms with Crippen LogP contribution < -0.4 is 4.74 Å². The van der Waals surface area contributed by atoms with Crippen LogP contribution in [0, 0.1) is 10.1 Å². The summed E-state index contributed by atoms with van der Waals surface area (Å²) in [5.41, 5.74) is -5.08. The van der Waals surface area contributed by atoms with Crippen LogP contribution in [-0.2, 0) is 6.18 Å². The summed E-state index contributed by atoms with van der Waals surface area (Å²) >= 11 is 4.84. The molecule has 13 heteroatoms. The second-order valence-corrected chi connectivity index (χ2v) is 3.63. The molecule has 0 spiro atoms. The molecule has 0 N–H and O–H groups in total. The van der Waals surface area contributed by atoms with Crippen molar-refractivity contribution in [2.75, 3.05) is 0 Å². The number of hydrogen-bond donors (Lipinski definition) is 0. The van der Waals surface area contributed by atoms with Gasteiger partial charge in [-0.15, -0.1) is 13.2 Å². The third-order valence-corrected chi connectivity index (χ3v) is 2.05. The van der Waals surface area contributed by atoms with Crippen molar-refractivity contribution in [3.8, 4) is 5.88 Å². The number of rotatable bonds is 3. The highest BCUT2D eigenvalue weighted by Gasteiger charge is 2.43. The monoisotopic (exact) mass is 338 g/mol. The number of carbonyl (C=O) groups is 1. The molecule has 116 valence electrons. The van der Waals surface area contributed by atoms with Crippen molar-refractivity contribution >= 4 is 22.5 Å². The Bertz CT molecular complexity index is 600. The Morgan fingerprint density at radius 1 is 1.29 bits per heavy atom. The van der Waals surface area contributed by atoms with Gasteiger partial charge in [0.25, 0.3) is 5.24 Å². The average molecular weight is 339 g/mol. The van der Waals surface area contributed by atoms with Gasteiger partial charge in [0, 0.05) is 6.07 Å². The predicted molar refractivity (Wildman–Crippen MR) is 52.8 cm³/mol. The summed E-state index contributed by atoms with van der Waals surface area (Å²) in [6.07, 6.45) is -11.0. The molecule has 0 saturated carbocycles. The van der Waals surface area contributed by atoms with Crippen molar-refractivity contribution in [3.63, 3.8) is 0 Å². The minimum absolute atomic E-state index is 0.316. The van der Waals surface area contributed by atoms with Gasteiger partial charge in [-0.25, -0.2) is 4.98 Å². The molecule has 0 atom stereocenters. The van der Waals surface area contributed by atoms with Crippen LogP contribution in [-0.4, -0.2) is 21.5 Å². The molecular formula is C8HClF6N2O4. The van der Waals surface area contributed by atoms with Crippen molar-refractivity contribution < 1.29 is 40.8 Å². The molecule has 0 aliphatic carbocycles. The minimum Gasteiger partial charge on any atom is -0.387 e. The Balaban J connectivity index is 3.64. The third kappa shape index (κ3) is 4.18. The molecular weight excluding hydrogens is 338 g/mol. The van der Waals surface area contributed by atoms with Crippen molar-refractivity contribution in [1.29, 1.82) is 0 Å². The van der Waals surface area contributed by atoms with Gasteiger partial charge >= 0.3 is 18.2 Å². The van der Waals surface area contributed by atoms with Crippen LogP contribution in [0.2, 0.25) is 0 Å². The van der Waals surface area contributed by atoms with Crippen LogP contribution in [0.15, 0.2) is 6.07 Å². The summed E-state index contributed by atoms with van der Waals surface area (Å²) in [5.74, 6) is -2.07. The molecule has 0 amide bonds. The summed E-state index contributed by atoms with van der Waals surface area (Å²) in [7, 11) is 0. The number of hydrogen-bond acceptors (Lipinski definition) is 5. The fraction of sp³-hybridized carbons (Fsp3) is 0.250. The Labute approximate surface area is 115 Å². The van der Waals surface area contributed by atoms with Gasteiger partial charge in [-0.05, 0) is 11.6 Å². The largest absolute Gasteiger partial charge is 0.574 e. The number of ether oxygens (including phenoxy) is 1. The van der Waals surface area contributed by atoms with Crippen molar-refractivity contribution in [2.24, 2.45) is 0 Å². The van der Waals surface area contributed by atoms with E-state index in [4.69, 9.17) is 11.6 Å². The van der Waals surface area contributed by atoms with Crippen LogP contribution in [0.5, 0.6) is 5.88 Å². The highest BCUT2D eigenvalue weighted by Crippen LogP contribution is 2.40. The number of alkyl halides is 6. The zero-order chi connectivity index (χ0) is 16.6. The SMILES string of the molecule is O=C(Cl)c1nc(OC(F)(F)F)c(C(F)(F)F)cc1[N+](=O)[O-]. The number of halogens is 7. The van der Waals surface area contributed by atoms with E-state index in [1.807, 2.05) is 0 Å². The molecule has 1 heterocycles. The lowest BCUT2D eigenvalue weighted by molar-refractivity contribution is -0.385. The number of nitro groups is 1. The first-order valence-electron chi connectivity index (χ1n) is 4.55. The van der Waals surface area contributed by atoms with E-state index in [1.165, 1.54) is 0 Å². The summed E-state index contributed by atoms with van der Waals surface area (Å²) in [4.78, 5) is 22.5. The lowest BCUT2D eigenvalue weighted by atomic mass is 10.2. The van der Waals surface area contributed by atoms with Gasteiger partial charge in [0.1, 0.15) is 5.56 Å². The van der Waals surface area contributed by atoms with Crippen molar-refractivity contribution in [1.82, 2.24) is 4.98 Å². The molecule has 1 aromatic heterocycles. The maximum Gasteiger partial charge on any atom is 0.574 e. The Morgan fingerprint density at radius 2 is 1.81 bits per heavy atom. The van der Waals surface area contributed by atoms with E-state index in [-0.39, 0.29) is 6.07 Å². The summed E-state index contributed by atoms with van der Waals surface area (Å²) in [6.45, 7) is 0. The standard InChI is InChI=1S/C8HClF6N2O4/c9-5(18)4-3(17(19)20)1-2(7(10,11)12)6(16-4)21-8(13,14)15/h1H. The van der Waals surface area contributed by atoms with Crippen molar-refractivity contribution in [2.45, 2.75) is 12.5 Å². The van der Waals surface area contributed by atoms with Gasteiger partial charge in [-0.1, -0.05) is 0 Å². The smallest absolute Gasteiger partial charge is 0.387 e. The van der Waals surface area contributed by atoms with E-state index in [1.54, 1.807) is 0 Å². The molecule has 0 aromatic carbocycles. The number of pyridine rings is 1. The lowest BCUT2D eigenvalue weighted by Crippen LogP contribution is -2.22. The maximum absolute atomic E-state index is 12.6. The van der Waals surface area contributed by atoms with E-state index in [9.17, 15) is 41.3 Å². The number of carbonyl (C=O) groups excluding carboxylic acids is 1. The maximum atomic E-state index is 12.6. The number of nitrogens with zero attached hydrogens (tertiary/aromatic N) is 2. The minimum atomic E-state index is -5.56. The Morgan fingerprint density at radius 3 is 2.14 bits per heavy atom. The molecule has 6 nitrogen and oxygen atoms in total. The van der Waals surface area contributed by atoms with E-state index in [2.05, 4.69) is 9.72 Å². The van der Waals surface area contributed by atoms with Crippen molar-refractivity contribution in [3.05, 3.63) is 27.4 Å². The molecule has 1 aromatic rings. The van der Waals surface area contributed by atoms with Crippen LogP contribution in [0.3, 0.4) is 0 Å². The molecule has 0 aliphatic rings. The Hall–Kier alpha value is -2.11. The molecule has 0 fully saturated rings. The first kappa shape index (κ1) is 16.9. The fourth-order valence-electron chi connectivity index (χ4n) is 1.16. The highest BCUT2D eigenvalue weighted by atomic mass is 35.5. The number of aromatic nitrogens is 1. The zero-order valence-corrected chi connectivity index (χ0v) is 10.0. The fourth-order valence-corrected chi connectivity index (χ4v) is 1.30. The van der Waals surface area contributed by atoms with Gasteiger partial charge in [-0.2, -0.15) is 13.2 Å². The second-order valence-electron chi connectivity index (χ2n) is 3.29. The van der Waals surface area contributed by atoms with Gasteiger partial charge in [0.05, 0.1) is 4.92 Å². The quantitative estimate of drug-likeness (QED) is 0.365. The summed E-state index contributed by atoms with van der Waals surface area (Å²) in [6, 6.07) is -0.316. The predicted octanol–water partition coefficient (Wildman–Crippen LogP) is 3.29. The van der Waals surface area contributed by atoms with E-state index < -0.39 is 45.5 Å². The lowest BCUT2D eigenvalue weighted by Gasteiger charge is -2.14. The second kappa shape index (κ2) is 5.35. The highest BCUT2D eigenvalue weighted by molar-refractivity contribution is 6.67. The van der Waals surface area contributed by atoms with Crippen LogP contribution in [0.4, 0.5) is 32.0 Å². The van der Waals surface area contributed by atoms with Crippen LogP contribution in [0.1, 0.15) is 16.1 Å². The summed E-state index contributed by atoms with van der Waals surface area (Å²) < 4.78 is 76.8. The summed E-state index contributed by atoms with van der Waals surface area (Å²) in [5, 5.41) is 8.81. The average Bonchev–Trinajstić information content (AvgIpc) is 2.23. The normalized spacial score (nSPS) is 12.1. The van der Waals surface area contributed by atoms with Gasteiger partial charge in [-0.3, -0.25) is 14.9 Å².